The van der Waals surface area contributed by atoms with Crippen molar-refractivity contribution < 1.29 is 4.79 Å². The molecule has 0 spiro atoms. The van der Waals surface area contributed by atoms with Crippen molar-refractivity contribution in [3.8, 4) is 0 Å². The highest BCUT2D eigenvalue weighted by Crippen LogP contribution is 2.15. The number of carbonyl (C=O) groups is 1. The molecule has 0 N–H and O–H groups in total. The first-order valence-corrected chi connectivity index (χ1v) is 4.71. The summed E-state index contributed by atoms with van der Waals surface area (Å²) in [4.78, 5) is 14.3. The van der Waals surface area contributed by atoms with E-state index in [2.05, 4.69) is 0 Å². The Kier molecular flexibility index (Phi) is 3.00. The van der Waals surface area contributed by atoms with E-state index in [0.717, 1.165) is 10.4 Å². The first kappa shape index (κ1) is 9.42. The molecule has 0 fully saturated rings. The van der Waals surface area contributed by atoms with Gasteiger partial charge in [-0.3, -0.25) is 4.79 Å². The van der Waals surface area contributed by atoms with Crippen LogP contribution in [0.25, 0.3) is 0 Å². The number of nitrogens with zero attached hydrogens (tertiary/aromatic N) is 1. The highest BCUT2D eigenvalue weighted by molar-refractivity contribution is 7.12. The van der Waals surface area contributed by atoms with Gasteiger partial charge in [0.05, 0.1) is 11.4 Å². The maximum Gasteiger partial charge on any atom is 0.186 e. The van der Waals surface area contributed by atoms with Gasteiger partial charge in [0.15, 0.2) is 5.78 Å². The molecule has 0 atom stereocenters. The van der Waals surface area contributed by atoms with E-state index in [1.165, 1.54) is 11.3 Å². The van der Waals surface area contributed by atoms with Gasteiger partial charge in [0.25, 0.3) is 0 Å². The fraction of sp³-hybridized carbons (Fsp3) is 0.444. The van der Waals surface area contributed by atoms with E-state index in [4.69, 9.17) is 0 Å². The van der Waals surface area contributed by atoms with Crippen LogP contribution >= 0.6 is 11.3 Å². The van der Waals surface area contributed by atoms with E-state index in [0.29, 0.717) is 6.54 Å². The summed E-state index contributed by atoms with van der Waals surface area (Å²) >= 11 is 1.52. The predicted octanol–water partition coefficient (Wildman–Crippen LogP) is 1.80. The van der Waals surface area contributed by atoms with Crippen molar-refractivity contribution in [2.24, 2.45) is 0 Å². The van der Waals surface area contributed by atoms with Crippen LogP contribution in [0.2, 0.25) is 0 Å². The summed E-state index contributed by atoms with van der Waals surface area (Å²) in [5, 5.41) is 1.96. The Morgan fingerprint density at radius 1 is 1.58 bits per heavy atom. The van der Waals surface area contributed by atoms with Crippen molar-refractivity contribution in [1.29, 1.82) is 0 Å². The first-order chi connectivity index (χ1) is 5.61. The van der Waals surface area contributed by atoms with E-state index in [1.54, 1.807) is 0 Å². The number of hydrogen-bond acceptors (Lipinski definition) is 3. The summed E-state index contributed by atoms with van der Waals surface area (Å²) in [5.74, 6) is 0.215. The van der Waals surface area contributed by atoms with Gasteiger partial charge in [-0.25, -0.2) is 0 Å². The van der Waals surface area contributed by atoms with Gasteiger partial charge in [0.1, 0.15) is 0 Å². The molecule has 12 heavy (non-hydrogen) atoms. The van der Waals surface area contributed by atoms with Crippen LogP contribution in [0.3, 0.4) is 0 Å². The van der Waals surface area contributed by atoms with Crippen LogP contribution in [-0.2, 0) is 0 Å². The molecule has 0 saturated carbocycles. The maximum atomic E-state index is 11.5. The molecule has 0 aliphatic rings. The van der Waals surface area contributed by atoms with Crippen LogP contribution in [0.5, 0.6) is 0 Å². The molecule has 2 nitrogen and oxygen atoms in total. The average molecular weight is 183 g/mol. The molecule has 1 heterocycles. The summed E-state index contributed by atoms with van der Waals surface area (Å²) in [5.41, 5.74) is 1.09. The Hall–Kier alpha value is -0.670. The Balaban J connectivity index is 2.72. The normalized spacial score (nSPS) is 10.7. The molecule has 0 bridgehead atoms. The van der Waals surface area contributed by atoms with Gasteiger partial charge in [-0.1, -0.05) is 0 Å². The number of thiophene rings is 1. The highest BCUT2D eigenvalue weighted by atomic mass is 32.1. The Labute approximate surface area is 76.8 Å². The van der Waals surface area contributed by atoms with Gasteiger partial charge in [-0.2, -0.15) is 0 Å². The number of carbonyl (C=O) groups excluding carboxylic acids is 1. The molecule has 1 aromatic heterocycles. The van der Waals surface area contributed by atoms with Crippen LogP contribution in [-0.4, -0.2) is 31.3 Å². The predicted molar refractivity (Wildman–Crippen MR) is 51.9 cm³/mol. The molecule has 0 amide bonds. The fourth-order valence-corrected chi connectivity index (χ4v) is 1.88. The molecule has 1 aromatic rings. The fourth-order valence-electron chi connectivity index (χ4n) is 1.02. The Morgan fingerprint density at radius 3 is 2.67 bits per heavy atom. The van der Waals surface area contributed by atoms with Crippen molar-refractivity contribution in [3.05, 3.63) is 21.9 Å². The Bertz CT molecular complexity index is 278. The minimum atomic E-state index is 0.215. The second-order valence-corrected chi connectivity index (χ2v) is 4.01. The first-order valence-electron chi connectivity index (χ1n) is 3.83. The molecular formula is C9H13NOS. The summed E-state index contributed by atoms with van der Waals surface area (Å²) < 4.78 is 0. The molecule has 0 aliphatic carbocycles. The van der Waals surface area contributed by atoms with Gasteiger partial charge in [0, 0.05) is 0 Å². The number of hydrogen-bond donors (Lipinski definition) is 0. The SMILES string of the molecule is Cc1ccsc1C(=O)CN(C)C. The zero-order valence-electron chi connectivity index (χ0n) is 7.63. The van der Waals surface area contributed by atoms with E-state index < -0.39 is 0 Å². The lowest BCUT2D eigenvalue weighted by molar-refractivity contribution is 0.0961. The number of aryl methyl sites for hydroxylation is 1. The van der Waals surface area contributed by atoms with Crippen LogP contribution in [0.15, 0.2) is 11.4 Å². The number of rotatable bonds is 3. The minimum Gasteiger partial charge on any atom is -0.302 e. The summed E-state index contributed by atoms with van der Waals surface area (Å²) in [6.07, 6.45) is 0. The molecular weight excluding hydrogens is 170 g/mol. The lowest BCUT2D eigenvalue weighted by Gasteiger charge is -2.06. The third-order valence-corrected chi connectivity index (χ3v) is 2.63. The van der Waals surface area contributed by atoms with Crippen LogP contribution in [0.4, 0.5) is 0 Å². The van der Waals surface area contributed by atoms with Crippen molar-refractivity contribution in [3.63, 3.8) is 0 Å². The number of Topliss-reactive ketones (excluding diaryl/α,β-unsaturated/α-hetero) is 1. The molecule has 1 rings (SSSR count). The summed E-state index contributed by atoms with van der Waals surface area (Å²) in [6.45, 7) is 2.47. The van der Waals surface area contributed by atoms with E-state index in [1.807, 2.05) is 37.4 Å². The van der Waals surface area contributed by atoms with Crippen molar-refractivity contribution in [2.75, 3.05) is 20.6 Å². The Morgan fingerprint density at radius 2 is 2.25 bits per heavy atom. The van der Waals surface area contributed by atoms with E-state index >= 15 is 0 Å². The highest BCUT2D eigenvalue weighted by Gasteiger charge is 2.10. The van der Waals surface area contributed by atoms with Gasteiger partial charge >= 0.3 is 0 Å². The molecule has 0 unspecified atom stereocenters. The summed E-state index contributed by atoms with van der Waals surface area (Å²) in [7, 11) is 3.81. The molecule has 3 heteroatoms. The van der Waals surface area contributed by atoms with Gasteiger partial charge in [-0.15, -0.1) is 11.3 Å². The van der Waals surface area contributed by atoms with Gasteiger partial charge in [-0.05, 0) is 38.0 Å². The van der Waals surface area contributed by atoms with Crippen molar-refractivity contribution in [2.45, 2.75) is 6.92 Å². The quantitative estimate of drug-likeness (QED) is 0.666. The minimum absolute atomic E-state index is 0.215. The largest absolute Gasteiger partial charge is 0.302 e. The second-order valence-electron chi connectivity index (χ2n) is 3.09. The lowest BCUT2D eigenvalue weighted by atomic mass is 10.2. The zero-order valence-corrected chi connectivity index (χ0v) is 8.44. The van der Waals surface area contributed by atoms with Crippen molar-refractivity contribution >= 4 is 17.1 Å². The topological polar surface area (TPSA) is 20.3 Å². The van der Waals surface area contributed by atoms with E-state index in [-0.39, 0.29) is 5.78 Å². The number of likely N-dealkylation sites (N-methyl/N-ethyl adjacent to an activating group) is 1. The zero-order chi connectivity index (χ0) is 9.14. The van der Waals surface area contributed by atoms with Gasteiger partial charge in [0.2, 0.25) is 0 Å². The third kappa shape index (κ3) is 2.16. The van der Waals surface area contributed by atoms with Crippen LogP contribution in [0.1, 0.15) is 15.2 Å². The molecule has 0 aliphatic heterocycles. The summed E-state index contributed by atoms with van der Waals surface area (Å²) in [6, 6.07) is 1.98. The monoisotopic (exact) mass is 183 g/mol. The molecule has 0 radical (unpaired) electrons. The smallest absolute Gasteiger partial charge is 0.186 e. The lowest BCUT2D eigenvalue weighted by Crippen LogP contribution is -2.21. The molecule has 0 saturated heterocycles. The van der Waals surface area contributed by atoms with E-state index in [9.17, 15) is 4.79 Å². The van der Waals surface area contributed by atoms with Crippen LogP contribution in [0, 0.1) is 6.92 Å². The third-order valence-electron chi connectivity index (χ3n) is 1.58. The van der Waals surface area contributed by atoms with Gasteiger partial charge < -0.3 is 4.90 Å². The molecule has 66 valence electrons. The maximum absolute atomic E-state index is 11.5. The second kappa shape index (κ2) is 3.83. The van der Waals surface area contributed by atoms with Crippen molar-refractivity contribution in [1.82, 2.24) is 4.90 Å². The standard InChI is InChI=1S/C9H13NOS/c1-7-4-5-12-9(7)8(11)6-10(2)3/h4-5H,6H2,1-3H3. The molecule has 0 aromatic carbocycles. The van der Waals surface area contributed by atoms with Crippen LogP contribution < -0.4 is 0 Å². The average Bonchev–Trinajstić information content (AvgIpc) is 2.33. The number of ketones is 1.